The number of rotatable bonds is 6. The molecular formula is C27H28N2O5S. The molecule has 1 aliphatic rings. The van der Waals surface area contributed by atoms with Crippen LogP contribution in [0.1, 0.15) is 42.3 Å². The van der Waals surface area contributed by atoms with Gasteiger partial charge in [0.05, 0.1) is 16.1 Å². The van der Waals surface area contributed by atoms with E-state index in [1.807, 2.05) is 24.3 Å². The summed E-state index contributed by atoms with van der Waals surface area (Å²) in [5.41, 5.74) is 3.39. The molecule has 1 aliphatic heterocycles. The summed E-state index contributed by atoms with van der Waals surface area (Å²) in [7, 11) is -3.85. The van der Waals surface area contributed by atoms with Crippen LogP contribution in [0.3, 0.4) is 0 Å². The fourth-order valence-corrected chi connectivity index (χ4v) is 5.48. The fraction of sp³-hybridized carbons (Fsp3) is 0.259. The van der Waals surface area contributed by atoms with Gasteiger partial charge in [-0.2, -0.15) is 0 Å². The Balaban J connectivity index is 1.40. The monoisotopic (exact) mass is 492 g/mol. The van der Waals surface area contributed by atoms with Gasteiger partial charge in [0.1, 0.15) is 0 Å². The van der Waals surface area contributed by atoms with Crippen molar-refractivity contribution in [1.82, 2.24) is 0 Å². The van der Waals surface area contributed by atoms with Crippen LogP contribution in [0, 0.1) is 0 Å². The molecule has 8 heteroatoms. The number of carbonyl (C=O) groups excluding carboxylic acids is 2. The van der Waals surface area contributed by atoms with Crippen molar-refractivity contribution in [3.8, 4) is 0 Å². The van der Waals surface area contributed by atoms with E-state index in [1.54, 1.807) is 24.3 Å². The Morgan fingerprint density at radius 1 is 0.971 bits per heavy atom. The maximum atomic E-state index is 13.2. The molecule has 0 radical (unpaired) electrons. The van der Waals surface area contributed by atoms with Gasteiger partial charge in [0.2, 0.25) is 0 Å². The van der Waals surface area contributed by atoms with Crippen molar-refractivity contribution in [3.05, 3.63) is 89.5 Å². The van der Waals surface area contributed by atoms with E-state index in [1.165, 1.54) is 28.6 Å². The van der Waals surface area contributed by atoms with Crippen molar-refractivity contribution in [2.75, 3.05) is 22.8 Å². The molecule has 0 aliphatic carbocycles. The van der Waals surface area contributed by atoms with Crippen molar-refractivity contribution in [2.45, 2.75) is 37.5 Å². The van der Waals surface area contributed by atoms with Crippen molar-refractivity contribution in [2.24, 2.45) is 0 Å². The number of sulfonamides is 1. The second kappa shape index (κ2) is 9.54. The summed E-state index contributed by atoms with van der Waals surface area (Å²) in [5.74, 6) is -1.26. The first-order valence-electron chi connectivity index (χ1n) is 11.3. The Kier molecular flexibility index (Phi) is 6.67. The lowest BCUT2D eigenvalue weighted by molar-refractivity contribution is -0.119. The predicted molar refractivity (Wildman–Crippen MR) is 135 cm³/mol. The van der Waals surface area contributed by atoms with E-state index in [0.717, 1.165) is 11.1 Å². The normalized spacial score (nSPS) is 13.3. The van der Waals surface area contributed by atoms with E-state index in [2.05, 4.69) is 26.1 Å². The minimum atomic E-state index is -3.85. The number of hydrogen-bond acceptors (Lipinski definition) is 5. The summed E-state index contributed by atoms with van der Waals surface area (Å²) < 4.78 is 33.0. The third-order valence-electron chi connectivity index (χ3n) is 5.87. The zero-order valence-corrected chi connectivity index (χ0v) is 20.8. The van der Waals surface area contributed by atoms with Gasteiger partial charge < -0.3 is 10.1 Å². The van der Waals surface area contributed by atoms with Gasteiger partial charge in [0, 0.05) is 12.2 Å². The average molecular weight is 493 g/mol. The standard InChI is InChI=1S/C27H28N2O5S/c1-27(2,3)21-11-13-22(14-12-21)28-25(30)18-34-26(31)20-8-6-9-23(17-20)35(32,33)29-16-15-19-7-4-5-10-24(19)29/h4-14,17H,15-16,18H2,1-3H3,(H,28,30). The Morgan fingerprint density at radius 3 is 2.40 bits per heavy atom. The summed E-state index contributed by atoms with van der Waals surface area (Å²) in [6.07, 6.45) is 0.630. The first-order chi connectivity index (χ1) is 16.6. The van der Waals surface area contributed by atoms with Crippen LogP contribution < -0.4 is 9.62 Å². The van der Waals surface area contributed by atoms with Gasteiger partial charge in [-0.15, -0.1) is 0 Å². The van der Waals surface area contributed by atoms with Crippen molar-refractivity contribution >= 4 is 33.3 Å². The van der Waals surface area contributed by atoms with Crippen LogP contribution in [0.25, 0.3) is 0 Å². The minimum Gasteiger partial charge on any atom is -0.452 e. The second-order valence-corrected chi connectivity index (χ2v) is 11.3. The van der Waals surface area contributed by atoms with Crippen LogP contribution in [0.2, 0.25) is 0 Å². The van der Waals surface area contributed by atoms with Crippen molar-refractivity contribution < 1.29 is 22.7 Å². The van der Waals surface area contributed by atoms with Crippen LogP contribution in [-0.2, 0) is 31.4 Å². The molecule has 3 aromatic rings. The summed E-state index contributed by atoms with van der Waals surface area (Å²) >= 11 is 0. The molecule has 3 aromatic carbocycles. The molecule has 7 nitrogen and oxygen atoms in total. The van der Waals surface area contributed by atoms with Crippen LogP contribution in [0.4, 0.5) is 11.4 Å². The number of amides is 1. The maximum Gasteiger partial charge on any atom is 0.338 e. The van der Waals surface area contributed by atoms with E-state index in [0.29, 0.717) is 24.3 Å². The highest BCUT2D eigenvalue weighted by Gasteiger charge is 2.31. The highest BCUT2D eigenvalue weighted by molar-refractivity contribution is 7.92. The second-order valence-electron chi connectivity index (χ2n) is 9.44. The summed E-state index contributed by atoms with van der Waals surface area (Å²) in [4.78, 5) is 24.8. The first-order valence-corrected chi connectivity index (χ1v) is 12.8. The molecule has 0 saturated heterocycles. The number of nitrogens with one attached hydrogen (secondary N) is 1. The highest BCUT2D eigenvalue weighted by atomic mass is 32.2. The minimum absolute atomic E-state index is 0.00174. The SMILES string of the molecule is CC(C)(C)c1ccc(NC(=O)COC(=O)c2cccc(S(=O)(=O)N3CCc4ccccc43)c2)cc1. The number of anilines is 2. The third kappa shape index (κ3) is 5.38. The number of ether oxygens (including phenoxy) is 1. The van der Waals surface area contributed by atoms with Crippen LogP contribution >= 0.6 is 0 Å². The van der Waals surface area contributed by atoms with Crippen molar-refractivity contribution in [1.29, 1.82) is 0 Å². The Bertz CT molecular complexity index is 1360. The van der Waals surface area contributed by atoms with Gasteiger partial charge in [-0.1, -0.05) is 57.2 Å². The van der Waals surface area contributed by atoms with E-state index in [-0.39, 0.29) is 15.9 Å². The molecule has 0 aromatic heterocycles. The molecular weight excluding hydrogens is 464 g/mol. The smallest absolute Gasteiger partial charge is 0.338 e. The maximum absolute atomic E-state index is 13.2. The Morgan fingerprint density at radius 2 is 1.69 bits per heavy atom. The lowest BCUT2D eigenvalue weighted by Gasteiger charge is -2.20. The Labute approximate surface area is 205 Å². The molecule has 0 unspecified atom stereocenters. The van der Waals surface area contributed by atoms with E-state index in [9.17, 15) is 18.0 Å². The Hall–Kier alpha value is -3.65. The number of benzene rings is 3. The molecule has 1 N–H and O–H groups in total. The molecule has 0 atom stereocenters. The molecule has 35 heavy (non-hydrogen) atoms. The molecule has 1 amide bonds. The molecule has 0 saturated carbocycles. The topological polar surface area (TPSA) is 92.8 Å². The lowest BCUT2D eigenvalue weighted by atomic mass is 9.87. The summed E-state index contributed by atoms with van der Waals surface area (Å²) in [5, 5.41) is 2.69. The molecule has 182 valence electrons. The molecule has 1 heterocycles. The van der Waals surface area contributed by atoms with Gasteiger partial charge in [0.15, 0.2) is 6.61 Å². The van der Waals surface area contributed by atoms with E-state index >= 15 is 0 Å². The van der Waals surface area contributed by atoms with Gasteiger partial charge in [-0.3, -0.25) is 9.10 Å². The zero-order valence-electron chi connectivity index (χ0n) is 19.9. The number of fused-ring (bicyclic) bond motifs is 1. The number of para-hydroxylation sites is 1. The third-order valence-corrected chi connectivity index (χ3v) is 7.68. The molecule has 4 rings (SSSR count). The lowest BCUT2D eigenvalue weighted by Crippen LogP contribution is -2.29. The van der Waals surface area contributed by atoms with E-state index in [4.69, 9.17) is 4.74 Å². The largest absolute Gasteiger partial charge is 0.452 e. The van der Waals surface area contributed by atoms with Gasteiger partial charge in [-0.25, -0.2) is 13.2 Å². The van der Waals surface area contributed by atoms with E-state index < -0.39 is 28.5 Å². The highest BCUT2D eigenvalue weighted by Crippen LogP contribution is 2.32. The quantitative estimate of drug-likeness (QED) is 0.511. The van der Waals surface area contributed by atoms with Gasteiger partial charge in [0.25, 0.3) is 15.9 Å². The van der Waals surface area contributed by atoms with Gasteiger partial charge >= 0.3 is 5.97 Å². The first kappa shape index (κ1) is 24.5. The number of carbonyl (C=O) groups is 2. The van der Waals surface area contributed by atoms with Crippen LogP contribution in [0.5, 0.6) is 0 Å². The number of esters is 1. The summed E-state index contributed by atoms with van der Waals surface area (Å²) in [6.45, 7) is 6.16. The zero-order chi connectivity index (χ0) is 25.2. The number of hydrogen-bond donors (Lipinski definition) is 1. The predicted octanol–water partition coefficient (Wildman–Crippen LogP) is 4.53. The summed E-state index contributed by atoms with van der Waals surface area (Å²) in [6, 6.07) is 20.5. The molecule has 0 spiro atoms. The van der Waals surface area contributed by atoms with Crippen molar-refractivity contribution in [3.63, 3.8) is 0 Å². The number of nitrogens with zero attached hydrogens (tertiary/aromatic N) is 1. The fourth-order valence-electron chi connectivity index (χ4n) is 3.93. The van der Waals surface area contributed by atoms with Crippen LogP contribution in [0.15, 0.2) is 77.7 Å². The molecule has 0 fully saturated rings. The van der Waals surface area contributed by atoms with Gasteiger partial charge in [-0.05, 0) is 59.4 Å². The molecule has 0 bridgehead atoms. The average Bonchev–Trinajstić information content (AvgIpc) is 3.27. The van der Waals surface area contributed by atoms with Crippen LogP contribution in [-0.4, -0.2) is 33.4 Å².